The maximum atomic E-state index is 13.5. The van der Waals surface area contributed by atoms with Crippen molar-refractivity contribution in [2.75, 3.05) is 30.3 Å². The summed E-state index contributed by atoms with van der Waals surface area (Å²) in [5, 5.41) is 8.56. The van der Waals surface area contributed by atoms with Gasteiger partial charge in [-0.15, -0.1) is 0 Å². The number of rotatable bonds is 12. The summed E-state index contributed by atoms with van der Waals surface area (Å²) in [5.74, 6) is 0.0412. The highest BCUT2D eigenvalue weighted by atomic mass is 16.6. The van der Waals surface area contributed by atoms with Crippen LogP contribution in [-0.4, -0.2) is 70.9 Å². The zero-order valence-electron chi connectivity index (χ0n) is 31.9. The number of benzene rings is 3. The molecule has 1 aliphatic carbocycles. The molecule has 286 valence electrons. The van der Waals surface area contributed by atoms with Gasteiger partial charge < -0.3 is 35.2 Å². The van der Waals surface area contributed by atoms with Crippen molar-refractivity contribution >= 4 is 41.1 Å². The number of hydrogen-bond donors (Lipinski definition) is 3. The number of fused-ring (bicyclic) bond motifs is 2. The molecule has 0 unspecified atom stereocenters. The summed E-state index contributed by atoms with van der Waals surface area (Å²) < 4.78 is 10.8. The van der Waals surface area contributed by atoms with E-state index >= 15 is 0 Å². The molecule has 54 heavy (non-hydrogen) atoms. The normalized spacial score (nSPS) is 15.2. The number of nitrogens with zero attached hydrogens (tertiary/aromatic N) is 2. The number of alkyl carbamates (subject to hydrolysis) is 1. The summed E-state index contributed by atoms with van der Waals surface area (Å²) in [7, 11) is 0. The first-order valence-electron chi connectivity index (χ1n) is 18.8. The molecule has 12 nitrogen and oxygen atoms in total. The third-order valence-corrected chi connectivity index (χ3v) is 9.84. The predicted octanol–water partition coefficient (Wildman–Crippen LogP) is 6.68. The van der Waals surface area contributed by atoms with Crippen molar-refractivity contribution in [2.45, 2.75) is 97.9 Å². The van der Waals surface area contributed by atoms with Crippen LogP contribution in [0.15, 0.2) is 60.7 Å². The van der Waals surface area contributed by atoms with Crippen LogP contribution in [0.5, 0.6) is 5.75 Å². The second-order valence-electron chi connectivity index (χ2n) is 16.3. The van der Waals surface area contributed by atoms with Crippen molar-refractivity contribution in [1.29, 1.82) is 0 Å². The molecule has 12 heteroatoms. The summed E-state index contributed by atoms with van der Waals surface area (Å²) in [6, 6.07) is 18.4. The van der Waals surface area contributed by atoms with Crippen LogP contribution in [-0.2, 0) is 33.8 Å². The Balaban J connectivity index is 0.982. The van der Waals surface area contributed by atoms with E-state index in [0.29, 0.717) is 67.3 Å². The maximum Gasteiger partial charge on any atom is 0.407 e. The molecule has 0 aromatic heterocycles. The van der Waals surface area contributed by atoms with E-state index in [1.165, 1.54) is 0 Å². The molecule has 1 fully saturated rings. The van der Waals surface area contributed by atoms with E-state index < -0.39 is 11.7 Å². The standard InChI is InChI=1S/C42H51N5O7/c1-41(2,3)54-40(52)43-19-6-18-42(4,5)23-37(49)46-20-17-29-21-32(13-11-31(29)25-46)44-38(50)28-9-7-27(8-10-28)24-47(33-14-15-33)39(51)30-12-16-34-35(22-30)53-26-36(48)45-34/h7-13,16,21-22,33H,6,14-15,17-20,23-26H2,1-5H3,(H,43,52)(H,44,50)(H,45,48). The van der Waals surface area contributed by atoms with Gasteiger partial charge in [-0.2, -0.15) is 0 Å². The lowest BCUT2D eigenvalue weighted by Crippen LogP contribution is -2.38. The molecular weight excluding hydrogens is 686 g/mol. The molecule has 0 atom stereocenters. The van der Waals surface area contributed by atoms with Crippen molar-refractivity contribution in [3.63, 3.8) is 0 Å². The van der Waals surface area contributed by atoms with Crippen LogP contribution in [0.25, 0.3) is 0 Å². The lowest BCUT2D eigenvalue weighted by Gasteiger charge is -2.33. The number of carbonyl (C=O) groups is 5. The summed E-state index contributed by atoms with van der Waals surface area (Å²) in [6.07, 6.45) is 4.11. The highest BCUT2D eigenvalue weighted by Gasteiger charge is 2.34. The fourth-order valence-electron chi connectivity index (χ4n) is 6.81. The SMILES string of the molecule is CC(C)(CCCNC(=O)OC(C)(C)C)CC(=O)N1CCc2cc(NC(=O)c3ccc(CN(C(=O)c4ccc5c(c4)OCC(=O)N5)C4CC4)cc3)ccc2C1. The third-order valence-electron chi connectivity index (χ3n) is 9.84. The van der Waals surface area contributed by atoms with Gasteiger partial charge in [0, 0.05) is 55.5 Å². The quantitative estimate of drug-likeness (QED) is 0.176. The zero-order valence-corrected chi connectivity index (χ0v) is 31.9. The molecule has 3 aliphatic rings. The second-order valence-corrected chi connectivity index (χ2v) is 16.3. The Labute approximate surface area is 316 Å². The summed E-state index contributed by atoms with van der Waals surface area (Å²) in [6.45, 7) is 11.6. The van der Waals surface area contributed by atoms with Gasteiger partial charge in [-0.1, -0.05) is 32.0 Å². The van der Waals surface area contributed by atoms with Crippen LogP contribution in [0.2, 0.25) is 0 Å². The average molecular weight is 738 g/mol. The fraction of sp³-hybridized carbons (Fsp3) is 0.452. The second kappa shape index (κ2) is 15.9. The summed E-state index contributed by atoms with van der Waals surface area (Å²) in [5.41, 5.74) is 4.60. The Bertz CT molecular complexity index is 1910. The van der Waals surface area contributed by atoms with Crippen molar-refractivity contribution in [3.8, 4) is 5.75 Å². The largest absolute Gasteiger partial charge is 0.482 e. The first-order chi connectivity index (χ1) is 25.6. The van der Waals surface area contributed by atoms with E-state index in [0.717, 1.165) is 42.4 Å². The van der Waals surface area contributed by atoms with Gasteiger partial charge in [-0.3, -0.25) is 19.2 Å². The van der Waals surface area contributed by atoms with Gasteiger partial charge in [-0.25, -0.2) is 4.79 Å². The first-order valence-corrected chi connectivity index (χ1v) is 18.8. The van der Waals surface area contributed by atoms with Crippen LogP contribution in [0.4, 0.5) is 16.2 Å². The Morgan fingerprint density at radius 2 is 1.69 bits per heavy atom. The summed E-state index contributed by atoms with van der Waals surface area (Å²) >= 11 is 0. The Hall–Kier alpha value is -5.39. The molecule has 2 heterocycles. The van der Waals surface area contributed by atoms with E-state index in [1.54, 1.807) is 30.3 Å². The number of nitrogens with one attached hydrogen (secondary N) is 3. The molecule has 0 spiro atoms. The van der Waals surface area contributed by atoms with Crippen LogP contribution in [0.1, 0.15) is 104 Å². The van der Waals surface area contributed by atoms with Crippen LogP contribution in [0, 0.1) is 5.41 Å². The molecule has 0 bridgehead atoms. The highest BCUT2D eigenvalue weighted by Crippen LogP contribution is 2.34. The van der Waals surface area contributed by atoms with Gasteiger partial charge in [0.15, 0.2) is 6.61 Å². The van der Waals surface area contributed by atoms with Gasteiger partial charge >= 0.3 is 6.09 Å². The molecule has 0 radical (unpaired) electrons. The van der Waals surface area contributed by atoms with Crippen molar-refractivity contribution in [3.05, 3.63) is 88.5 Å². The van der Waals surface area contributed by atoms with E-state index in [4.69, 9.17) is 9.47 Å². The van der Waals surface area contributed by atoms with E-state index in [9.17, 15) is 24.0 Å². The number of ether oxygens (including phenoxy) is 2. The molecule has 2 aliphatic heterocycles. The molecule has 6 rings (SSSR count). The smallest absolute Gasteiger partial charge is 0.407 e. The van der Waals surface area contributed by atoms with Crippen molar-refractivity contribution < 1.29 is 33.4 Å². The fourth-order valence-corrected chi connectivity index (χ4v) is 6.81. The summed E-state index contributed by atoms with van der Waals surface area (Å²) in [4.78, 5) is 67.4. The Morgan fingerprint density at radius 1 is 0.944 bits per heavy atom. The van der Waals surface area contributed by atoms with Gasteiger partial charge in [-0.05, 0) is 117 Å². The molecule has 1 saturated carbocycles. The minimum absolute atomic E-state index is 0.0782. The van der Waals surface area contributed by atoms with E-state index in [2.05, 4.69) is 29.8 Å². The van der Waals surface area contributed by atoms with E-state index in [-0.39, 0.29) is 41.7 Å². The maximum absolute atomic E-state index is 13.5. The highest BCUT2D eigenvalue weighted by molar-refractivity contribution is 6.04. The number of hydrogen-bond acceptors (Lipinski definition) is 7. The Morgan fingerprint density at radius 3 is 2.41 bits per heavy atom. The lowest BCUT2D eigenvalue weighted by atomic mass is 9.83. The molecule has 3 aromatic carbocycles. The van der Waals surface area contributed by atoms with Gasteiger partial charge in [0.2, 0.25) is 5.91 Å². The first kappa shape index (κ1) is 38.3. The average Bonchev–Trinajstić information content (AvgIpc) is 3.96. The molecule has 3 N–H and O–H groups in total. The molecule has 3 aromatic rings. The lowest BCUT2D eigenvalue weighted by molar-refractivity contribution is -0.134. The van der Waals surface area contributed by atoms with Gasteiger partial charge in [0.1, 0.15) is 11.4 Å². The number of anilines is 2. The van der Waals surface area contributed by atoms with Crippen LogP contribution >= 0.6 is 0 Å². The Kier molecular flexibility index (Phi) is 11.3. The van der Waals surface area contributed by atoms with Gasteiger partial charge in [0.05, 0.1) is 5.69 Å². The molecule has 5 amide bonds. The third kappa shape index (κ3) is 10.2. The van der Waals surface area contributed by atoms with Crippen LogP contribution in [0.3, 0.4) is 0 Å². The van der Waals surface area contributed by atoms with Crippen LogP contribution < -0.4 is 20.7 Å². The van der Waals surface area contributed by atoms with E-state index in [1.807, 2.05) is 60.9 Å². The van der Waals surface area contributed by atoms with Crippen molar-refractivity contribution in [2.24, 2.45) is 5.41 Å². The molecular formula is C42H51N5O7. The van der Waals surface area contributed by atoms with Gasteiger partial charge in [0.25, 0.3) is 17.7 Å². The monoisotopic (exact) mass is 737 g/mol. The topological polar surface area (TPSA) is 146 Å². The molecule has 0 saturated heterocycles. The van der Waals surface area contributed by atoms with Crippen molar-refractivity contribution in [1.82, 2.24) is 15.1 Å². The minimum atomic E-state index is -0.540. The predicted molar refractivity (Wildman–Crippen MR) is 205 cm³/mol. The number of carbonyl (C=O) groups excluding carboxylic acids is 5. The number of amides is 5. The zero-order chi connectivity index (χ0) is 38.6. The minimum Gasteiger partial charge on any atom is -0.482 e.